The first-order valence-corrected chi connectivity index (χ1v) is 5.30. The molecule has 0 aliphatic heterocycles. The number of nitrogens with zero attached hydrogens (tertiary/aromatic N) is 1. The lowest BCUT2D eigenvalue weighted by atomic mass is 10.2. The zero-order valence-electron chi connectivity index (χ0n) is 8.94. The molecule has 1 atom stereocenters. The largest absolute Gasteiger partial charge is 0.481 e. The molecule has 4 heteroatoms. The summed E-state index contributed by atoms with van der Waals surface area (Å²) in [4.78, 5) is 4.06. The molecule has 0 spiro atoms. The number of pyridine rings is 1. The fourth-order valence-electron chi connectivity index (χ4n) is 1.69. The minimum atomic E-state index is 0.386. The number of methoxy groups -OCH3 is 1. The summed E-state index contributed by atoms with van der Waals surface area (Å²) in [5.74, 6) is 1.38. The third-order valence-corrected chi connectivity index (χ3v) is 2.74. The molecular formula is C11H17N3O. The van der Waals surface area contributed by atoms with E-state index >= 15 is 0 Å². The molecule has 1 fully saturated rings. The van der Waals surface area contributed by atoms with E-state index in [4.69, 9.17) is 10.5 Å². The highest BCUT2D eigenvalue weighted by atomic mass is 16.5. The molecule has 0 saturated heterocycles. The van der Waals surface area contributed by atoms with Gasteiger partial charge in [0.05, 0.1) is 7.11 Å². The molecule has 15 heavy (non-hydrogen) atoms. The Hall–Kier alpha value is -1.29. The third-order valence-electron chi connectivity index (χ3n) is 2.74. The molecule has 0 bridgehead atoms. The van der Waals surface area contributed by atoms with Crippen LogP contribution in [0.15, 0.2) is 18.3 Å². The van der Waals surface area contributed by atoms with Crippen LogP contribution < -0.4 is 15.8 Å². The number of hydrogen-bond donors (Lipinski definition) is 2. The number of anilines is 1. The molecular weight excluding hydrogens is 190 g/mol. The Morgan fingerprint density at radius 2 is 2.47 bits per heavy atom. The van der Waals surface area contributed by atoms with Crippen LogP contribution in [0.25, 0.3) is 0 Å². The van der Waals surface area contributed by atoms with Gasteiger partial charge in [0, 0.05) is 30.5 Å². The molecule has 1 heterocycles. The number of ether oxygens (including phenoxy) is 1. The Kier molecular flexibility index (Phi) is 3.06. The van der Waals surface area contributed by atoms with Gasteiger partial charge in [-0.1, -0.05) is 0 Å². The number of aromatic nitrogens is 1. The molecule has 0 amide bonds. The lowest BCUT2D eigenvalue weighted by molar-refractivity contribution is 0.398. The van der Waals surface area contributed by atoms with Crippen molar-refractivity contribution in [2.24, 2.45) is 11.7 Å². The highest BCUT2D eigenvalue weighted by Gasteiger charge is 2.30. The molecule has 3 N–H and O–H groups in total. The van der Waals surface area contributed by atoms with Gasteiger partial charge in [-0.25, -0.2) is 4.98 Å². The highest BCUT2D eigenvalue weighted by molar-refractivity contribution is 5.46. The molecule has 82 valence electrons. The summed E-state index contributed by atoms with van der Waals surface area (Å²) in [6.45, 7) is 0.676. The van der Waals surface area contributed by atoms with Crippen LogP contribution >= 0.6 is 0 Å². The van der Waals surface area contributed by atoms with Crippen molar-refractivity contribution in [1.29, 1.82) is 0 Å². The Balaban J connectivity index is 2.01. The third kappa shape index (κ3) is 2.59. The minimum absolute atomic E-state index is 0.386. The highest BCUT2D eigenvalue weighted by Crippen LogP contribution is 2.33. The molecule has 4 nitrogen and oxygen atoms in total. The normalized spacial score (nSPS) is 17.2. The summed E-state index contributed by atoms with van der Waals surface area (Å²) in [6, 6.07) is 4.22. The molecule has 1 aromatic rings. The van der Waals surface area contributed by atoms with Crippen LogP contribution in [0, 0.1) is 5.92 Å². The van der Waals surface area contributed by atoms with E-state index in [1.165, 1.54) is 12.8 Å². The summed E-state index contributed by atoms with van der Waals surface area (Å²) in [7, 11) is 1.62. The molecule has 1 saturated carbocycles. The van der Waals surface area contributed by atoms with Gasteiger partial charge in [-0.2, -0.15) is 0 Å². The standard InChI is InChI=1S/C11H17N3O/c1-15-11-6-9(4-5-13-11)14-10(7-12)8-2-3-8/h4-6,8,10H,2-3,7,12H2,1H3,(H,13,14). The molecule has 0 radical (unpaired) electrons. The van der Waals surface area contributed by atoms with Gasteiger partial charge >= 0.3 is 0 Å². The monoisotopic (exact) mass is 207 g/mol. The Morgan fingerprint density at radius 3 is 3.07 bits per heavy atom. The van der Waals surface area contributed by atoms with E-state index in [2.05, 4.69) is 10.3 Å². The van der Waals surface area contributed by atoms with Gasteiger partial charge in [0.1, 0.15) is 0 Å². The van der Waals surface area contributed by atoms with Gasteiger partial charge < -0.3 is 15.8 Å². The van der Waals surface area contributed by atoms with Crippen molar-refractivity contribution in [2.45, 2.75) is 18.9 Å². The van der Waals surface area contributed by atoms with Crippen molar-refractivity contribution < 1.29 is 4.74 Å². The lowest BCUT2D eigenvalue weighted by Gasteiger charge is -2.17. The summed E-state index contributed by atoms with van der Waals surface area (Å²) in [5.41, 5.74) is 6.75. The maximum Gasteiger partial charge on any atom is 0.214 e. The van der Waals surface area contributed by atoms with Gasteiger partial charge in [0.15, 0.2) is 0 Å². The Labute approximate surface area is 89.8 Å². The molecule has 1 unspecified atom stereocenters. The number of nitrogens with one attached hydrogen (secondary N) is 1. The van der Waals surface area contributed by atoms with Crippen molar-refractivity contribution in [3.8, 4) is 5.88 Å². The second-order valence-corrected chi connectivity index (χ2v) is 3.91. The first kappa shape index (κ1) is 10.2. The molecule has 1 aromatic heterocycles. The maximum absolute atomic E-state index is 5.72. The van der Waals surface area contributed by atoms with Crippen LogP contribution in [-0.2, 0) is 0 Å². The smallest absolute Gasteiger partial charge is 0.214 e. The van der Waals surface area contributed by atoms with E-state index in [1.54, 1.807) is 13.3 Å². The number of hydrogen-bond acceptors (Lipinski definition) is 4. The van der Waals surface area contributed by atoms with Crippen LogP contribution in [0.3, 0.4) is 0 Å². The van der Waals surface area contributed by atoms with Crippen molar-refractivity contribution in [1.82, 2.24) is 4.98 Å². The molecule has 1 aliphatic carbocycles. The van der Waals surface area contributed by atoms with Crippen LogP contribution in [-0.4, -0.2) is 24.7 Å². The molecule has 0 aromatic carbocycles. The van der Waals surface area contributed by atoms with E-state index < -0.39 is 0 Å². The number of rotatable bonds is 5. The van der Waals surface area contributed by atoms with E-state index in [0.717, 1.165) is 11.6 Å². The summed E-state index contributed by atoms with van der Waals surface area (Å²) in [5, 5.41) is 3.42. The van der Waals surface area contributed by atoms with E-state index in [0.29, 0.717) is 18.5 Å². The number of nitrogens with two attached hydrogens (primary N) is 1. The van der Waals surface area contributed by atoms with Gasteiger partial charge in [0.25, 0.3) is 0 Å². The van der Waals surface area contributed by atoms with Crippen molar-refractivity contribution >= 4 is 5.69 Å². The predicted octanol–water partition coefficient (Wildman–Crippen LogP) is 1.24. The first-order chi connectivity index (χ1) is 7.33. The summed E-state index contributed by atoms with van der Waals surface area (Å²) in [6.07, 6.45) is 4.32. The van der Waals surface area contributed by atoms with Crippen LogP contribution in [0.2, 0.25) is 0 Å². The minimum Gasteiger partial charge on any atom is -0.481 e. The van der Waals surface area contributed by atoms with E-state index in [1.807, 2.05) is 12.1 Å². The topological polar surface area (TPSA) is 60.2 Å². The maximum atomic E-state index is 5.72. The average molecular weight is 207 g/mol. The SMILES string of the molecule is COc1cc(NC(CN)C2CC2)ccn1. The predicted molar refractivity (Wildman–Crippen MR) is 60.0 cm³/mol. The molecule has 1 aliphatic rings. The van der Waals surface area contributed by atoms with Crippen molar-refractivity contribution in [3.63, 3.8) is 0 Å². The zero-order chi connectivity index (χ0) is 10.7. The second-order valence-electron chi connectivity index (χ2n) is 3.91. The average Bonchev–Trinajstić information content (AvgIpc) is 3.10. The summed E-state index contributed by atoms with van der Waals surface area (Å²) < 4.78 is 5.06. The fraction of sp³-hybridized carbons (Fsp3) is 0.545. The van der Waals surface area contributed by atoms with Gasteiger partial charge in [-0.05, 0) is 24.8 Å². The molecule has 2 rings (SSSR count). The van der Waals surface area contributed by atoms with E-state index in [-0.39, 0.29) is 0 Å². The quantitative estimate of drug-likeness (QED) is 0.762. The lowest BCUT2D eigenvalue weighted by Crippen LogP contribution is -2.30. The van der Waals surface area contributed by atoms with Crippen LogP contribution in [0.1, 0.15) is 12.8 Å². The Morgan fingerprint density at radius 1 is 1.67 bits per heavy atom. The zero-order valence-corrected chi connectivity index (χ0v) is 8.94. The van der Waals surface area contributed by atoms with Crippen LogP contribution in [0.4, 0.5) is 5.69 Å². The Bertz CT molecular complexity index is 325. The van der Waals surface area contributed by atoms with E-state index in [9.17, 15) is 0 Å². The first-order valence-electron chi connectivity index (χ1n) is 5.30. The van der Waals surface area contributed by atoms with Crippen LogP contribution in [0.5, 0.6) is 5.88 Å². The van der Waals surface area contributed by atoms with Gasteiger partial charge in [-0.15, -0.1) is 0 Å². The van der Waals surface area contributed by atoms with Crippen molar-refractivity contribution in [2.75, 3.05) is 19.0 Å². The van der Waals surface area contributed by atoms with Gasteiger partial charge in [0.2, 0.25) is 5.88 Å². The fourth-order valence-corrected chi connectivity index (χ4v) is 1.69. The second kappa shape index (κ2) is 4.49. The van der Waals surface area contributed by atoms with Gasteiger partial charge in [-0.3, -0.25) is 0 Å². The van der Waals surface area contributed by atoms with Crippen molar-refractivity contribution in [3.05, 3.63) is 18.3 Å². The summed E-state index contributed by atoms with van der Waals surface area (Å²) >= 11 is 0.